The summed E-state index contributed by atoms with van der Waals surface area (Å²) in [6.45, 7) is 0.784. The van der Waals surface area contributed by atoms with Crippen molar-refractivity contribution in [2.24, 2.45) is 0 Å². The van der Waals surface area contributed by atoms with E-state index in [9.17, 15) is 24.6 Å². The van der Waals surface area contributed by atoms with Gasteiger partial charge in [-0.05, 0) is 6.42 Å². The Kier molecular flexibility index (Phi) is 11.0. The van der Waals surface area contributed by atoms with Gasteiger partial charge in [0.2, 0.25) is 5.91 Å². The number of carbonyl (C=O) groups excluding carboxylic acids is 3. The van der Waals surface area contributed by atoms with Gasteiger partial charge in [0.25, 0.3) is 0 Å². The summed E-state index contributed by atoms with van der Waals surface area (Å²) in [5, 5.41) is 23.1. The Morgan fingerprint density at radius 3 is 1.88 bits per heavy atom. The number of amides is 1. The molecule has 0 aromatic rings. The van der Waals surface area contributed by atoms with Crippen molar-refractivity contribution in [1.29, 1.82) is 0 Å². The van der Waals surface area contributed by atoms with Gasteiger partial charge in [-0.2, -0.15) is 0 Å². The van der Waals surface area contributed by atoms with Gasteiger partial charge in [0.1, 0.15) is 0 Å². The minimum absolute atomic E-state index is 0. The first-order chi connectivity index (χ1) is 7.45. The van der Waals surface area contributed by atoms with Gasteiger partial charge in [0, 0.05) is 19.6 Å². The van der Waals surface area contributed by atoms with Crippen LogP contribution in [0.25, 0.3) is 0 Å². The molecule has 92 valence electrons. The molecule has 17 heavy (non-hydrogen) atoms. The van der Waals surface area contributed by atoms with Crippen molar-refractivity contribution in [2.75, 3.05) is 26.2 Å². The van der Waals surface area contributed by atoms with E-state index in [0.29, 0.717) is 6.54 Å². The Balaban J connectivity index is 0. The molecule has 0 aromatic carbocycles. The van der Waals surface area contributed by atoms with Crippen LogP contribution in [0.1, 0.15) is 13.3 Å². The zero-order chi connectivity index (χ0) is 12.6. The molecule has 0 fully saturated rings. The van der Waals surface area contributed by atoms with Crippen LogP contribution in [0.15, 0.2) is 0 Å². The molecule has 0 unspecified atom stereocenters. The number of rotatable bonds is 8. The summed E-state index contributed by atoms with van der Waals surface area (Å²) in [6.07, 6.45) is 0.743. The quantitative estimate of drug-likeness (QED) is 0.461. The Morgan fingerprint density at radius 2 is 1.53 bits per heavy atom. The third-order valence-electron chi connectivity index (χ3n) is 1.64. The van der Waals surface area contributed by atoms with Crippen molar-refractivity contribution in [2.45, 2.75) is 13.3 Å². The number of carboxylic acid groups (broad SMARTS) is 2. The molecule has 0 radical (unpaired) electrons. The summed E-state index contributed by atoms with van der Waals surface area (Å²) in [5.41, 5.74) is 0. The molecule has 0 aliphatic heterocycles. The fraction of sp³-hybridized carbons (Fsp3) is 0.667. The Labute approximate surface area is 112 Å². The fourth-order valence-electron chi connectivity index (χ4n) is 1.06. The maximum atomic E-state index is 11.2. The van der Waals surface area contributed by atoms with E-state index < -0.39 is 30.9 Å². The van der Waals surface area contributed by atoms with Crippen LogP contribution in [-0.2, 0) is 33.9 Å². The molecular formula is C9H14N2O5Zn. The van der Waals surface area contributed by atoms with E-state index in [-0.39, 0.29) is 26.0 Å². The predicted octanol–water partition coefficient (Wildman–Crippen LogP) is -3.69. The number of aliphatic carboxylic acids is 2. The van der Waals surface area contributed by atoms with Gasteiger partial charge < -0.3 is 25.1 Å². The van der Waals surface area contributed by atoms with E-state index in [4.69, 9.17) is 0 Å². The van der Waals surface area contributed by atoms with E-state index in [0.717, 1.165) is 11.3 Å². The first-order valence-corrected chi connectivity index (χ1v) is 4.84. The maximum absolute atomic E-state index is 11.2. The molecule has 8 heteroatoms. The average Bonchev–Trinajstić information content (AvgIpc) is 2.12. The van der Waals surface area contributed by atoms with Gasteiger partial charge in [-0.1, -0.05) is 6.92 Å². The number of carbonyl (C=O) groups is 3. The minimum atomic E-state index is -1.44. The Hall–Kier alpha value is -1.01. The van der Waals surface area contributed by atoms with Crippen LogP contribution in [0.5, 0.6) is 0 Å². The molecule has 0 atom stereocenters. The molecule has 0 heterocycles. The fourth-order valence-corrected chi connectivity index (χ4v) is 1.06. The molecule has 7 nitrogen and oxygen atoms in total. The molecule has 1 N–H and O–H groups in total. The number of hydrogen-bond acceptors (Lipinski definition) is 6. The Bertz CT molecular complexity index is 256. The molecule has 0 saturated heterocycles. The molecule has 0 aromatic heterocycles. The summed E-state index contributed by atoms with van der Waals surface area (Å²) in [5.74, 6) is -3.31. The number of nitrogens with one attached hydrogen (secondary N) is 1. The van der Waals surface area contributed by atoms with Crippen LogP contribution < -0.4 is 15.5 Å². The standard InChI is InChI=1S/C9H16N2O5.Zn/c1-2-3-10-7(12)4-11(5-8(13)14)6-9(15)16;/h2-6H2,1H3,(H,10,12)(H,13,14)(H,15,16);/q;+2/p-2. The summed E-state index contributed by atoms with van der Waals surface area (Å²) in [6, 6.07) is 0. The van der Waals surface area contributed by atoms with Gasteiger partial charge in [-0.15, -0.1) is 0 Å². The molecule has 0 spiro atoms. The van der Waals surface area contributed by atoms with Crippen LogP contribution in [0.2, 0.25) is 0 Å². The number of nitrogens with zero attached hydrogens (tertiary/aromatic N) is 1. The first-order valence-electron chi connectivity index (χ1n) is 4.84. The van der Waals surface area contributed by atoms with Crippen molar-refractivity contribution in [3.05, 3.63) is 0 Å². The van der Waals surface area contributed by atoms with Gasteiger partial charge >= 0.3 is 19.5 Å². The molecule has 0 bridgehead atoms. The summed E-state index contributed by atoms with van der Waals surface area (Å²) in [4.78, 5) is 32.7. The van der Waals surface area contributed by atoms with Crippen molar-refractivity contribution in [3.63, 3.8) is 0 Å². The zero-order valence-corrected chi connectivity index (χ0v) is 12.7. The second-order valence-corrected chi connectivity index (χ2v) is 3.24. The van der Waals surface area contributed by atoms with Crippen LogP contribution in [0, 0.1) is 0 Å². The van der Waals surface area contributed by atoms with Gasteiger partial charge in [0.15, 0.2) is 0 Å². The predicted molar refractivity (Wildman–Crippen MR) is 49.8 cm³/mol. The first kappa shape index (κ1) is 18.4. The van der Waals surface area contributed by atoms with Crippen LogP contribution >= 0.6 is 0 Å². The van der Waals surface area contributed by atoms with E-state index in [1.54, 1.807) is 0 Å². The second kappa shape index (κ2) is 10.2. The van der Waals surface area contributed by atoms with E-state index in [1.165, 1.54) is 0 Å². The van der Waals surface area contributed by atoms with Crippen molar-refractivity contribution in [1.82, 2.24) is 10.2 Å². The number of carboxylic acids is 2. The third-order valence-corrected chi connectivity index (χ3v) is 1.64. The summed E-state index contributed by atoms with van der Waals surface area (Å²) < 4.78 is 0. The third kappa shape index (κ3) is 11.3. The average molecular weight is 296 g/mol. The van der Waals surface area contributed by atoms with Crippen molar-refractivity contribution >= 4 is 17.8 Å². The smallest absolute Gasteiger partial charge is 0.549 e. The van der Waals surface area contributed by atoms with Crippen molar-refractivity contribution < 1.29 is 44.1 Å². The SMILES string of the molecule is CCCNC(=O)CN(CC(=O)[O-])CC(=O)[O-].[Zn+2]. The van der Waals surface area contributed by atoms with E-state index in [1.807, 2.05) is 6.92 Å². The van der Waals surface area contributed by atoms with E-state index in [2.05, 4.69) is 5.32 Å². The second-order valence-electron chi connectivity index (χ2n) is 3.24. The van der Waals surface area contributed by atoms with Gasteiger partial charge in [0.05, 0.1) is 18.5 Å². The molecule has 1 amide bonds. The maximum Gasteiger partial charge on any atom is 2.00 e. The van der Waals surface area contributed by atoms with E-state index >= 15 is 0 Å². The van der Waals surface area contributed by atoms with Crippen molar-refractivity contribution in [3.8, 4) is 0 Å². The molecular weight excluding hydrogens is 281 g/mol. The van der Waals surface area contributed by atoms with Crippen LogP contribution in [-0.4, -0.2) is 48.9 Å². The van der Waals surface area contributed by atoms with Crippen LogP contribution in [0.3, 0.4) is 0 Å². The Morgan fingerprint density at radius 1 is 1.06 bits per heavy atom. The zero-order valence-electron chi connectivity index (χ0n) is 9.73. The topological polar surface area (TPSA) is 113 Å². The monoisotopic (exact) mass is 294 g/mol. The molecule has 0 saturated carbocycles. The summed E-state index contributed by atoms with van der Waals surface area (Å²) in [7, 11) is 0. The molecule has 0 aliphatic rings. The van der Waals surface area contributed by atoms with Crippen LogP contribution in [0.4, 0.5) is 0 Å². The normalized spacial score (nSPS) is 9.53. The largest absolute Gasteiger partial charge is 2.00 e. The minimum Gasteiger partial charge on any atom is -0.549 e. The van der Waals surface area contributed by atoms with Gasteiger partial charge in [-0.3, -0.25) is 9.69 Å². The number of hydrogen-bond donors (Lipinski definition) is 1. The van der Waals surface area contributed by atoms with Gasteiger partial charge in [-0.25, -0.2) is 0 Å². The summed E-state index contributed by atoms with van der Waals surface area (Å²) >= 11 is 0. The molecule has 0 aliphatic carbocycles. The molecule has 0 rings (SSSR count).